The number of hydrogen-bond donors (Lipinski definition) is 0. The van der Waals surface area contributed by atoms with Gasteiger partial charge in [0.1, 0.15) is 5.69 Å². The third kappa shape index (κ3) is 3.52. The van der Waals surface area contributed by atoms with E-state index in [2.05, 4.69) is 9.88 Å². The largest absolute Gasteiger partial charge is 0.379 e. The normalized spacial score (nSPS) is 28.0. The molecule has 1 aromatic heterocycles. The first-order valence-electron chi connectivity index (χ1n) is 10.6. The summed E-state index contributed by atoms with van der Waals surface area (Å²) in [6.07, 6.45) is 8.04. The van der Waals surface area contributed by atoms with Crippen molar-refractivity contribution in [1.82, 2.24) is 9.88 Å². The number of carbonyl (C=O) groups is 2. The summed E-state index contributed by atoms with van der Waals surface area (Å²) >= 11 is 0. The van der Waals surface area contributed by atoms with Gasteiger partial charge in [-0.3, -0.25) is 19.5 Å². The van der Waals surface area contributed by atoms with Gasteiger partial charge in [-0.15, -0.1) is 0 Å². The second-order valence-electron chi connectivity index (χ2n) is 8.43. The van der Waals surface area contributed by atoms with Gasteiger partial charge in [-0.2, -0.15) is 0 Å². The number of alkyl halides is 1. The molecule has 0 bridgehead atoms. The van der Waals surface area contributed by atoms with Gasteiger partial charge in [0.25, 0.3) is 0 Å². The number of fused-ring (bicyclic) bond motifs is 1. The minimum atomic E-state index is -2.08. The highest BCUT2D eigenvalue weighted by Gasteiger charge is 2.47. The molecule has 1 saturated carbocycles. The van der Waals surface area contributed by atoms with E-state index < -0.39 is 11.5 Å². The van der Waals surface area contributed by atoms with Gasteiger partial charge in [0.05, 0.1) is 13.2 Å². The van der Waals surface area contributed by atoms with Crippen molar-refractivity contribution in [3.8, 4) is 0 Å². The number of morpholine rings is 1. The molecule has 5 nitrogen and oxygen atoms in total. The smallest absolute Gasteiger partial charge is 0.196 e. The second kappa shape index (κ2) is 7.99. The summed E-state index contributed by atoms with van der Waals surface area (Å²) in [4.78, 5) is 31.7. The Bertz CT molecular complexity index is 741. The molecule has 1 atom stereocenters. The Morgan fingerprint density at radius 3 is 2.68 bits per heavy atom. The molecule has 2 fully saturated rings. The number of nitrogens with zero attached hydrogens (tertiary/aromatic N) is 2. The maximum atomic E-state index is 15.9. The van der Waals surface area contributed by atoms with Crippen LogP contribution in [-0.4, -0.2) is 53.3 Å². The topological polar surface area (TPSA) is 59.5 Å². The number of pyridine rings is 1. The van der Waals surface area contributed by atoms with Crippen LogP contribution in [-0.2, 0) is 15.2 Å². The molecule has 2 aliphatic carbocycles. The van der Waals surface area contributed by atoms with Crippen LogP contribution in [0.3, 0.4) is 0 Å². The molecule has 152 valence electrons. The van der Waals surface area contributed by atoms with Crippen LogP contribution >= 0.6 is 0 Å². The number of hydrogen-bond acceptors (Lipinski definition) is 5. The molecule has 6 heteroatoms. The monoisotopic (exact) mass is 388 g/mol. The lowest BCUT2D eigenvalue weighted by molar-refractivity contribution is -0.133. The molecular formula is C22H29FN2O3. The zero-order valence-electron chi connectivity index (χ0n) is 16.4. The van der Waals surface area contributed by atoms with Crippen LogP contribution < -0.4 is 0 Å². The highest BCUT2D eigenvalue weighted by atomic mass is 19.1. The van der Waals surface area contributed by atoms with E-state index in [1.165, 1.54) is 12.6 Å². The summed E-state index contributed by atoms with van der Waals surface area (Å²) in [6.45, 7) is 3.22. The minimum absolute atomic E-state index is 0.0176. The highest BCUT2D eigenvalue weighted by molar-refractivity contribution is 6.01. The molecule has 0 aromatic carbocycles. The van der Waals surface area contributed by atoms with Gasteiger partial charge in [-0.05, 0) is 25.3 Å². The Hall–Kier alpha value is -1.66. The lowest BCUT2D eigenvalue weighted by atomic mass is 9.73. The molecule has 0 unspecified atom stereocenters. The average Bonchev–Trinajstić information content (AvgIpc) is 2.76. The molecule has 2 heterocycles. The van der Waals surface area contributed by atoms with E-state index in [1.54, 1.807) is 12.1 Å². The molecule has 1 aromatic rings. The first kappa shape index (κ1) is 19.6. The van der Waals surface area contributed by atoms with Gasteiger partial charge in [0.15, 0.2) is 17.2 Å². The van der Waals surface area contributed by atoms with Crippen molar-refractivity contribution in [2.45, 2.75) is 69.0 Å². The number of Topliss-reactive ketones (excluding diaryl/α,β-unsaturated/α-hetero) is 2. The Morgan fingerprint density at radius 2 is 1.93 bits per heavy atom. The molecule has 0 spiro atoms. The Labute approximate surface area is 165 Å². The van der Waals surface area contributed by atoms with Gasteiger partial charge in [-0.25, -0.2) is 4.39 Å². The van der Waals surface area contributed by atoms with Gasteiger partial charge in [0.2, 0.25) is 0 Å². The predicted octanol–water partition coefficient (Wildman–Crippen LogP) is 3.61. The molecule has 4 rings (SSSR count). The SMILES string of the molecule is O=C1CC[C@@](F)(C(=O)CCC2(N3CCOCC3)CCCCC2)c2cccnc21. The number of rotatable bonds is 5. The average molecular weight is 388 g/mol. The summed E-state index contributed by atoms with van der Waals surface area (Å²) in [5.74, 6) is -0.568. The highest BCUT2D eigenvalue weighted by Crippen LogP contribution is 2.42. The number of ether oxygens (including phenoxy) is 1. The quantitative estimate of drug-likeness (QED) is 0.771. The van der Waals surface area contributed by atoms with Crippen molar-refractivity contribution in [2.24, 2.45) is 0 Å². The van der Waals surface area contributed by atoms with Gasteiger partial charge < -0.3 is 4.74 Å². The van der Waals surface area contributed by atoms with Crippen LogP contribution in [0.25, 0.3) is 0 Å². The number of ketones is 2. The second-order valence-corrected chi connectivity index (χ2v) is 8.43. The first-order valence-corrected chi connectivity index (χ1v) is 10.6. The molecule has 0 N–H and O–H groups in total. The lowest BCUT2D eigenvalue weighted by Crippen LogP contribution is -2.55. The maximum Gasteiger partial charge on any atom is 0.196 e. The van der Waals surface area contributed by atoms with Crippen LogP contribution in [0.1, 0.15) is 73.8 Å². The summed E-state index contributed by atoms with van der Waals surface area (Å²) in [5.41, 5.74) is -1.81. The van der Waals surface area contributed by atoms with Gasteiger partial charge in [0, 0.05) is 49.7 Å². The van der Waals surface area contributed by atoms with Crippen molar-refractivity contribution in [2.75, 3.05) is 26.3 Å². The predicted molar refractivity (Wildman–Crippen MR) is 103 cm³/mol. The first-order chi connectivity index (χ1) is 13.6. The molecule has 28 heavy (non-hydrogen) atoms. The summed E-state index contributed by atoms with van der Waals surface area (Å²) < 4.78 is 21.4. The Kier molecular flexibility index (Phi) is 5.61. The fourth-order valence-corrected chi connectivity index (χ4v) is 5.29. The molecule has 0 amide bonds. The van der Waals surface area contributed by atoms with Crippen molar-refractivity contribution >= 4 is 11.6 Å². The maximum absolute atomic E-state index is 15.9. The number of halogens is 1. The van der Waals surface area contributed by atoms with Crippen LogP contribution in [0, 0.1) is 0 Å². The van der Waals surface area contributed by atoms with E-state index in [-0.39, 0.29) is 41.8 Å². The summed E-state index contributed by atoms with van der Waals surface area (Å²) in [6, 6.07) is 3.16. The van der Waals surface area contributed by atoms with Crippen molar-refractivity contribution < 1.29 is 18.7 Å². The van der Waals surface area contributed by atoms with Crippen LogP contribution in [0.4, 0.5) is 4.39 Å². The third-order valence-corrected chi connectivity index (χ3v) is 6.92. The lowest BCUT2D eigenvalue weighted by Gasteiger charge is -2.48. The van der Waals surface area contributed by atoms with Crippen molar-refractivity contribution in [3.05, 3.63) is 29.6 Å². The summed E-state index contributed by atoms with van der Waals surface area (Å²) in [7, 11) is 0. The van der Waals surface area contributed by atoms with Gasteiger partial charge in [-0.1, -0.05) is 25.3 Å². The van der Waals surface area contributed by atoms with Gasteiger partial charge >= 0.3 is 0 Å². The fraction of sp³-hybridized carbons (Fsp3) is 0.682. The number of carbonyl (C=O) groups excluding carboxylic acids is 2. The molecule has 0 radical (unpaired) electrons. The third-order valence-electron chi connectivity index (χ3n) is 6.92. The minimum Gasteiger partial charge on any atom is -0.379 e. The zero-order chi connectivity index (χ0) is 19.6. The summed E-state index contributed by atoms with van der Waals surface area (Å²) in [5, 5.41) is 0. The Balaban J connectivity index is 1.52. The van der Waals surface area contributed by atoms with E-state index in [0.29, 0.717) is 6.42 Å². The van der Waals surface area contributed by atoms with E-state index in [0.717, 1.165) is 52.0 Å². The van der Waals surface area contributed by atoms with Crippen LogP contribution in [0.15, 0.2) is 18.3 Å². The van der Waals surface area contributed by atoms with E-state index in [1.807, 2.05) is 0 Å². The molecule has 3 aliphatic rings. The fourth-order valence-electron chi connectivity index (χ4n) is 5.29. The van der Waals surface area contributed by atoms with Crippen LogP contribution in [0.5, 0.6) is 0 Å². The van der Waals surface area contributed by atoms with E-state index in [4.69, 9.17) is 4.74 Å². The van der Waals surface area contributed by atoms with Crippen molar-refractivity contribution in [3.63, 3.8) is 0 Å². The number of aromatic nitrogens is 1. The van der Waals surface area contributed by atoms with Crippen molar-refractivity contribution in [1.29, 1.82) is 0 Å². The van der Waals surface area contributed by atoms with E-state index in [9.17, 15) is 9.59 Å². The zero-order valence-corrected chi connectivity index (χ0v) is 16.4. The standard InChI is InChI=1S/C22H29FN2O3/c23-22(11-6-18(26)20-17(22)5-4-12-24-20)19(27)7-10-21(8-2-1-3-9-21)25-13-15-28-16-14-25/h4-5,12H,1-3,6-11,13-16H2/t22-/m0/s1. The molecule has 1 aliphatic heterocycles. The molecular weight excluding hydrogens is 359 g/mol. The van der Waals surface area contributed by atoms with E-state index >= 15 is 4.39 Å². The van der Waals surface area contributed by atoms with Crippen LogP contribution in [0.2, 0.25) is 0 Å². The Morgan fingerprint density at radius 1 is 1.18 bits per heavy atom. The molecule has 1 saturated heterocycles.